The van der Waals surface area contributed by atoms with Crippen molar-refractivity contribution in [3.05, 3.63) is 59.9 Å². The van der Waals surface area contributed by atoms with Gasteiger partial charge in [0.05, 0.1) is 5.41 Å². The predicted octanol–water partition coefficient (Wildman–Crippen LogP) is 3.49. The summed E-state index contributed by atoms with van der Waals surface area (Å²) in [6, 6.07) is 14.1. The van der Waals surface area contributed by atoms with Gasteiger partial charge in [-0.2, -0.15) is 0 Å². The first-order chi connectivity index (χ1) is 12.4. The maximum absolute atomic E-state index is 13.1. The molecule has 4 nitrogen and oxygen atoms in total. The molecule has 0 aliphatic carbocycles. The summed E-state index contributed by atoms with van der Waals surface area (Å²) < 4.78 is 13.1. The zero-order chi connectivity index (χ0) is 18.7. The Hall–Kier alpha value is -2.40. The maximum Gasteiger partial charge on any atom is 0.234 e. The molecule has 0 bridgehead atoms. The van der Waals surface area contributed by atoms with E-state index in [2.05, 4.69) is 22.2 Å². The molecule has 5 heteroatoms. The van der Waals surface area contributed by atoms with Crippen molar-refractivity contribution >= 4 is 17.3 Å². The lowest BCUT2D eigenvalue weighted by Crippen LogP contribution is -2.44. The first-order valence-electron chi connectivity index (χ1n) is 8.97. The van der Waals surface area contributed by atoms with Gasteiger partial charge in [-0.1, -0.05) is 12.1 Å². The summed E-state index contributed by atoms with van der Waals surface area (Å²) in [6.07, 6.45) is 0. The molecule has 0 spiro atoms. The second-order valence-electron chi connectivity index (χ2n) is 7.42. The second kappa shape index (κ2) is 7.46. The Morgan fingerprint density at radius 3 is 2.12 bits per heavy atom. The standard InChI is InChI=1S/C21H26FN3O/c1-21(2,16-4-6-17(22)7-5-16)20(26)23-18-8-10-19(11-9-18)25-14-12-24(3)13-15-25/h4-11H,12-15H2,1-3H3,(H,23,26). The molecular weight excluding hydrogens is 329 g/mol. The number of benzene rings is 2. The molecule has 0 unspecified atom stereocenters. The number of carbonyl (C=O) groups excluding carboxylic acids is 1. The number of nitrogens with zero attached hydrogens (tertiary/aromatic N) is 2. The SMILES string of the molecule is CN1CCN(c2ccc(NC(=O)C(C)(C)c3ccc(F)cc3)cc2)CC1. The summed E-state index contributed by atoms with van der Waals surface area (Å²) in [5.41, 5.74) is 1.98. The largest absolute Gasteiger partial charge is 0.369 e. The molecular formula is C21H26FN3O. The number of carbonyl (C=O) groups is 1. The lowest BCUT2D eigenvalue weighted by Gasteiger charge is -2.34. The highest BCUT2D eigenvalue weighted by Crippen LogP contribution is 2.26. The Labute approximate surface area is 154 Å². The molecule has 26 heavy (non-hydrogen) atoms. The van der Waals surface area contributed by atoms with Crippen molar-refractivity contribution < 1.29 is 9.18 Å². The van der Waals surface area contributed by atoms with Gasteiger partial charge in [0.15, 0.2) is 0 Å². The smallest absolute Gasteiger partial charge is 0.234 e. The highest BCUT2D eigenvalue weighted by atomic mass is 19.1. The van der Waals surface area contributed by atoms with Gasteiger partial charge < -0.3 is 15.1 Å². The fraction of sp³-hybridized carbons (Fsp3) is 0.381. The molecule has 0 radical (unpaired) electrons. The average molecular weight is 355 g/mol. The van der Waals surface area contributed by atoms with Gasteiger partial charge in [0.2, 0.25) is 5.91 Å². The molecule has 2 aromatic rings. The highest BCUT2D eigenvalue weighted by molar-refractivity contribution is 5.98. The van der Waals surface area contributed by atoms with Crippen molar-refractivity contribution in [2.75, 3.05) is 43.4 Å². The van der Waals surface area contributed by atoms with Gasteiger partial charge in [0.1, 0.15) is 5.82 Å². The Bertz CT molecular complexity index is 748. The zero-order valence-corrected chi connectivity index (χ0v) is 15.6. The van der Waals surface area contributed by atoms with Crippen LogP contribution in [0.15, 0.2) is 48.5 Å². The number of anilines is 2. The van der Waals surface area contributed by atoms with E-state index >= 15 is 0 Å². The minimum absolute atomic E-state index is 0.114. The van der Waals surface area contributed by atoms with Crippen molar-refractivity contribution in [1.29, 1.82) is 0 Å². The van der Waals surface area contributed by atoms with Gasteiger partial charge in [-0.3, -0.25) is 4.79 Å². The number of amides is 1. The molecule has 1 aliphatic rings. The van der Waals surface area contributed by atoms with Gasteiger partial charge in [-0.15, -0.1) is 0 Å². The Morgan fingerprint density at radius 1 is 0.962 bits per heavy atom. The van der Waals surface area contributed by atoms with Crippen molar-refractivity contribution in [3.63, 3.8) is 0 Å². The van der Waals surface area contributed by atoms with Crippen LogP contribution in [-0.2, 0) is 10.2 Å². The fourth-order valence-corrected chi connectivity index (χ4v) is 3.11. The third-order valence-electron chi connectivity index (χ3n) is 5.13. The number of halogens is 1. The van der Waals surface area contributed by atoms with Crippen LogP contribution in [0.2, 0.25) is 0 Å². The molecule has 1 N–H and O–H groups in total. The molecule has 1 aliphatic heterocycles. The van der Waals surface area contributed by atoms with E-state index in [-0.39, 0.29) is 11.7 Å². The monoisotopic (exact) mass is 355 g/mol. The molecule has 1 heterocycles. The van der Waals surface area contributed by atoms with E-state index < -0.39 is 5.41 Å². The van der Waals surface area contributed by atoms with E-state index in [1.165, 1.54) is 17.8 Å². The molecule has 0 aromatic heterocycles. The van der Waals surface area contributed by atoms with E-state index in [1.807, 2.05) is 38.1 Å². The molecule has 1 saturated heterocycles. The normalized spacial score (nSPS) is 15.8. The van der Waals surface area contributed by atoms with Crippen LogP contribution in [0, 0.1) is 5.82 Å². The van der Waals surface area contributed by atoms with Gasteiger partial charge in [0, 0.05) is 37.6 Å². The molecule has 0 atom stereocenters. The van der Waals surface area contributed by atoms with Crippen LogP contribution in [0.5, 0.6) is 0 Å². The summed E-state index contributed by atoms with van der Waals surface area (Å²) >= 11 is 0. The van der Waals surface area contributed by atoms with Crippen LogP contribution >= 0.6 is 0 Å². The van der Waals surface area contributed by atoms with Crippen LogP contribution in [0.3, 0.4) is 0 Å². The van der Waals surface area contributed by atoms with Crippen LogP contribution in [0.25, 0.3) is 0 Å². The molecule has 3 rings (SSSR count). The number of likely N-dealkylation sites (N-methyl/N-ethyl adjacent to an activating group) is 1. The molecule has 1 fully saturated rings. The summed E-state index contributed by atoms with van der Waals surface area (Å²) in [7, 11) is 2.14. The van der Waals surface area contributed by atoms with E-state index in [0.717, 1.165) is 37.4 Å². The number of piperazine rings is 1. The molecule has 1 amide bonds. The van der Waals surface area contributed by atoms with Crippen LogP contribution in [0.1, 0.15) is 19.4 Å². The van der Waals surface area contributed by atoms with Gasteiger partial charge >= 0.3 is 0 Å². The average Bonchev–Trinajstić information content (AvgIpc) is 2.63. The summed E-state index contributed by atoms with van der Waals surface area (Å²) in [5.74, 6) is -0.416. The number of hydrogen-bond acceptors (Lipinski definition) is 3. The van der Waals surface area contributed by atoms with E-state index in [4.69, 9.17) is 0 Å². The maximum atomic E-state index is 13.1. The first-order valence-corrected chi connectivity index (χ1v) is 8.97. The second-order valence-corrected chi connectivity index (χ2v) is 7.42. The van der Waals surface area contributed by atoms with Crippen molar-refractivity contribution in [2.24, 2.45) is 0 Å². The molecule has 0 saturated carbocycles. The first kappa shape index (κ1) is 18.4. The van der Waals surface area contributed by atoms with E-state index in [1.54, 1.807) is 12.1 Å². The summed E-state index contributed by atoms with van der Waals surface area (Å²) in [5, 5.41) is 2.97. The summed E-state index contributed by atoms with van der Waals surface area (Å²) in [4.78, 5) is 17.4. The zero-order valence-electron chi connectivity index (χ0n) is 15.6. The lowest BCUT2D eigenvalue weighted by atomic mass is 9.83. The highest BCUT2D eigenvalue weighted by Gasteiger charge is 2.29. The summed E-state index contributed by atoms with van der Waals surface area (Å²) in [6.45, 7) is 7.83. The minimum atomic E-state index is -0.746. The Morgan fingerprint density at radius 2 is 1.54 bits per heavy atom. The Balaban J connectivity index is 1.66. The molecule has 2 aromatic carbocycles. The van der Waals surface area contributed by atoms with Crippen LogP contribution in [-0.4, -0.2) is 44.0 Å². The third-order valence-corrected chi connectivity index (χ3v) is 5.13. The van der Waals surface area contributed by atoms with Crippen LogP contribution < -0.4 is 10.2 Å². The number of rotatable bonds is 4. The third kappa shape index (κ3) is 4.05. The van der Waals surface area contributed by atoms with Gasteiger partial charge in [-0.05, 0) is 62.9 Å². The fourth-order valence-electron chi connectivity index (χ4n) is 3.11. The quantitative estimate of drug-likeness (QED) is 0.912. The van der Waals surface area contributed by atoms with Gasteiger partial charge in [0.25, 0.3) is 0 Å². The van der Waals surface area contributed by atoms with Gasteiger partial charge in [-0.25, -0.2) is 4.39 Å². The van der Waals surface area contributed by atoms with Crippen molar-refractivity contribution in [1.82, 2.24) is 4.90 Å². The lowest BCUT2D eigenvalue weighted by molar-refractivity contribution is -0.120. The van der Waals surface area contributed by atoms with Crippen molar-refractivity contribution in [3.8, 4) is 0 Å². The molecule has 138 valence electrons. The number of nitrogens with one attached hydrogen (secondary N) is 1. The Kier molecular flexibility index (Phi) is 5.28. The minimum Gasteiger partial charge on any atom is -0.369 e. The topological polar surface area (TPSA) is 35.6 Å². The van der Waals surface area contributed by atoms with E-state index in [9.17, 15) is 9.18 Å². The number of hydrogen-bond donors (Lipinski definition) is 1. The van der Waals surface area contributed by atoms with Crippen molar-refractivity contribution in [2.45, 2.75) is 19.3 Å². The predicted molar refractivity (Wildman–Crippen MR) is 104 cm³/mol. The van der Waals surface area contributed by atoms with E-state index in [0.29, 0.717) is 0 Å². The van der Waals surface area contributed by atoms with Crippen LogP contribution in [0.4, 0.5) is 15.8 Å².